The van der Waals surface area contributed by atoms with Gasteiger partial charge in [0, 0.05) is 31.2 Å². The number of methoxy groups -OCH3 is 2. The van der Waals surface area contributed by atoms with Crippen LogP contribution in [0, 0.1) is 6.92 Å². The summed E-state index contributed by atoms with van der Waals surface area (Å²) < 4.78 is 13.4. The van der Waals surface area contributed by atoms with Crippen LogP contribution in [0.25, 0.3) is 10.9 Å². The van der Waals surface area contributed by atoms with Gasteiger partial charge in [-0.25, -0.2) is 0 Å². The number of amides is 1. The Bertz CT molecular complexity index is 1030. The number of benzene rings is 1. The van der Waals surface area contributed by atoms with Crippen LogP contribution in [0.1, 0.15) is 11.3 Å². The Morgan fingerprint density at radius 1 is 1.19 bits per heavy atom. The van der Waals surface area contributed by atoms with E-state index in [1.54, 1.807) is 44.3 Å². The van der Waals surface area contributed by atoms with Gasteiger partial charge in [0.2, 0.25) is 5.91 Å². The van der Waals surface area contributed by atoms with Gasteiger partial charge in [0.1, 0.15) is 23.6 Å². The maximum absolute atomic E-state index is 12.6. The summed E-state index contributed by atoms with van der Waals surface area (Å²) in [5.74, 6) is 1.02. The Balaban J connectivity index is 1.73. The SMILES string of the molecule is COc1cc(CNC(=O)Cn2ccc3c(C)nn(C)c3c2=O)cc(OC)c1. The van der Waals surface area contributed by atoms with Crippen molar-refractivity contribution < 1.29 is 14.3 Å². The highest BCUT2D eigenvalue weighted by Crippen LogP contribution is 2.22. The Morgan fingerprint density at radius 2 is 1.85 bits per heavy atom. The number of carbonyl (C=O) groups is 1. The minimum atomic E-state index is -0.267. The maximum Gasteiger partial charge on any atom is 0.277 e. The number of ether oxygens (including phenoxy) is 2. The molecule has 1 amide bonds. The fraction of sp³-hybridized carbons (Fsp3) is 0.316. The van der Waals surface area contributed by atoms with Crippen LogP contribution in [-0.4, -0.2) is 34.5 Å². The molecule has 0 spiro atoms. The van der Waals surface area contributed by atoms with E-state index in [4.69, 9.17) is 9.47 Å². The average molecular weight is 370 g/mol. The van der Waals surface area contributed by atoms with Crippen LogP contribution in [-0.2, 0) is 24.9 Å². The average Bonchev–Trinajstić information content (AvgIpc) is 2.96. The molecule has 0 atom stereocenters. The summed E-state index contributed by atoms with van der Waals surface area (Å²) in [6.45, 7) is 2.08. The topological polar surface area (TPSA) is 87.4 Å². The lowest BCUT2D eigenvalue weighted by Crippen LogP contribution is -2.32. The van der Waals surface area contributed by atoms with Crippen molar-refractivity contribution in [1.29, 1.82) is 0 Å². The number of hydrogen-bond acceptors (Lipinski definition) is 5. The third-order valence-corrected chi connectivity index (χ3v) is 4.37. The summed E-state index contributed by atoms with van der Waals surface area (Å²) in [5, 5.41) is 7.87. The highest BCUT2D eigenvalue weighted by atomic mass is 16.5. The maximum atomic E-state index is 12.6. The Labute approximate surface area is 156 Å². The summed E-state index contributed by atoms with van der Waals surface area (Å²) in [6, 6.07) is 7.20. The van der Waals surface area contributed by atoms with E-state index >= 15 is 0 Å². The molecular formula is C19H22N4O4. The molecule has 0 aliphatic carbocycles. The molecule has 2 heterocycles. The predicted octanol–water partition coefficient (Wildman–Crippen LogP) is 1.38. The van der Waals surface area contributed by atoms with E-state index in [-0.39, 0.29) is 18.0 Å². The zero-order chi connectivity index (χ0) is 19.6. The summed E-state index contributed by atoms with van der Waals surface area (Å²) in [4.78, 5) is 24.9. The van der Waals surface area contributed by atoms with Crippen molar-refractivity contribution in [2.45, 2.75) is 20.0 Å². The van der Waals surface area contributed by atoms with Crippen molar-refractivity contribution in [1.82, 2.24) is 19.7 Å². The number of hydrogen-bond donors (Lipinski definition) is 1. The molecule has 0 radical (unpaired) electrons. The van der Waals surface area contributed by atoms with Crippen molar-refractivity contribution >= 4 is 16.8 Å². The van der Waals surface area contributed by atoms with Gasteiger partial charge >= 0.3 is 0 Å². The van der Waals surface area contributed by atoms with Crippen LogP contribution < -0.4 is 20.3 Å². The zero-order valence-electron chi connectivity index (χ0n) is 15.8. The lowest BCUT2D eigenvalue weighted by molar-refractivity contribution is -0.121. The molecule has 142 valence electrons. The number of aromatic nitrogens is 3. The highest BCUT2D eigenvalue weighted by Gasteiger charge is 2.13. The number of carbonyl (C=O) groups excluding carboxylic acids is 1. The van der Waals surface area contributed by atoms with E-state index < -0.39 is 0 Å². The van der Waals surface area contributed by atoms with Crippen LogP contribution in [0.5, 0.6) is 11.5 Å². The molecule has 0 saturated heterocycles. The number of nitrogens with one attached hydrogen (secondary N) is 1. The second-order valence-corrected chi connectivity index (χ2v) is 6.22. The van der Waals surface area contributed by atoms with E-state index in [0.29, 0.717) is 23.6 Å². The minimum Gasteiger partial charge on any atom is -0.497 e. The fourth-order valence-electron chi connectivity index (χ4n) is 3.00. The van der Waals surface area contributed by atoms with Gasteiger partial charge in [-0.15, -0.1) is 0 Å². The monoisotopic (exact) mass is 370 g/mol. The zero-order valence-corrected chi connectivity index (χ0v) is 15.8. The Hall–Kier alpha value is -3.29. The summed E-state index contributed by atoms with van der Waals surface area (Å²) in [7, 11) is 4.86. The Morgan fingerprint density at radius 3 is 2.48 bits per heavy atom. The van der Waals surface area contributed by atoms with E-state index in [2.05, 4.69) is 10.4 Å². The smallest absolute Gasteiger partial charge is 0.277 e. The number of pyridine rings is 1. The molecule has 8 nitrogen and oxygen atoms in total. The van der Waals surface area contributed by atoms with Gasteiger partial charge in [0.15, 0.2) is 0 Å². The first kappa shape index (κ1) is 18.5. The molecule has 0 saturated carbocycles. The van der Waals surface area contributed by atoms with E-state index in [1.807, 2.05) is 19.1 Å². The van der Waals surface area contributed by atoms with Crippen molar-refractivity contribution in [3.05, 3.63) is 52.1 Å². The molecule has 3 rings (SSSR count). The van der Waals surface area contributed by atoms with Gasteiger partial charge < -0.3 is 19.4 Å². The first-order valence-corrected chi connectivity index (χ1v) is 8.44. The van der Waals surface area contributed by atoms with Crippen LogP contribution in [0.15, 0.2) is 35.3 Å². The molecule has 0 aliphatic heterocycles. The molecule has 0 fully saturated rings. The Kier molecular flexibility index (Phi) is 5.16. The number of rotatable bonds is 6. The lowest BCUT2D eigenvalue weighted by Gasteiger charge is -2.10. The van der Waals surface area contributed by atoms with Crippen LogP contribution in [0.4, 0.5) is 0 Å². The quantitative estimate of drug-likeness (QED) is 0.708. The second kappa shape index (κ2) is 7.53. The summed E-state index contributed by atoms with van der Waals surface area (Å²) in [5.41, 5.74) is 1.87. The van der Waals surface area contributed by atoms with Crippen molar-refractivity contribution in [3.63, 3.8) is 0 Å². The van der Waals surface area contributed by atoms with Crippen LogP contribution in [0.3, 0.4) is 0 Å². The van der Waals surface area contributed by atoms with Gasteiger partial charge in [-0.2, -0.15) is 5.10 Å². The number of aryl methyl sites for hydroxylation is 2. The number of fused-ring (bicyclic) bond motifs is 1. The molecule has 0 unspecified atom stereocenters. The first-order chi connectivity index (χ1) is 12.9. The third kappa shape index (κ3) is 3.79. The van der Waals surface area contributed by atoms with Gasteiger partial charge in [0.25, 0.3) is 5.56 Å². The minimum absolute atomic E-state index is 0.0693. The first-order valence-electron chi connectivity index (χ1n) is 8.44. The standard InChI is InChI=1S/C19H22N4O4/c1-12-16-5-6-23(19(25)18(16)22(2)21-12)11-17(24)20-10-13-7-14(26-3)9-15(8-13)27-4/h5-9H,10-11H2,1-4H3,(H,20,24). The van der Waals surface area contributed by atoms with Gasteiger partial charge in [-0.1, -0.05) is 0 Å². The van der Waals surface area contributed by atoms with Crippen molar-refractivity contribution in [2.24, 2.45) is 7.05 Å². The fourth-order valence-corrected chi connectivity index (χ4v) is 3.00. The molecule has 0 aliphatic rings. The molecule has 3 aromatic rings. The van der Waals surface area contributed by atoms with Gasteiger partial charge in [-0.3, -0.25) is 14.3 Å². The summed E-state index contributed by atoms with van der Waals surface area (Å²) >= 11 is 0. The molecule has 27 heavy (non-hydrogen) atoms. The van der Waals surface area contributed by atoms with Gasteiger partial charge in [-0.05, 0) is 30.7 Å². The van der Waals surface area contributed by atoms with E-state index in [9.17, 15) is 9.59 Å². The highest BCUT2D eigenvalue weighted by molar-refractivity contribution is 5.81. The third-order valence-electron chi connectivity index (χ3n) is 4.37. The van der Waals surface area contributed by atoms with E-state index in [0.717, 1.165) is 16.6 Å². The largest absolute Gasteiger partial charge is 0.497 e. The number of nitrogens with zero attached hydrogens (tertiary/aromatic N) is 3. The second-order valence-electron chi connectivity index (χ2n) is 6.22. The van der Waals surface area contributed by atoms with Crippen molar-refractivity contribution in [2.75, 3.05) is 14.2 Å². The molecule has 1 N–H and O–H groups in total. The molecule has 1 aromatic carbocycles. The normalized spacial score (nSPS) is 10.8. The molecule has 0 bridgehead atoms. The van der Waals surface area contributed by atoms with Crippen LogP contribution in [0.2, 0.25) is 0 Å². The van der Waals surface area contributed by atoms with Crippen molar-refractivity contribution in [3.8, 4) is 11.5 Å². The summed E-state index contributed by atoms with van der Waals surface area (Å²) in [6.07, 6.45) is 1.62. The van der Waals surface area contributed by atoms with Crippen LogP contribution >= 0.6 is 0 Å². The molecule has 2 aromatic heterocycles. The van der Waals surface area contributed by atoms with Gasteiger partial charge in [0.05, 0.1) is 19.9 Å². The molecular weight excluding hydrogens is 348 g/mol. The van der Waals surface area contributed by atoms with E-state index in [1.165, 1.54) is 4.57 Å². The predicted molar refractivity (Wildman–Crippen MR) is 101 cm³/mol. The molecule has 8 heteroatoms. The lowest BCUT2D eigenvalue weighted by atomic mass is 10.2.